The van der Waals surface area contributed by atoms with Gasteiger partial charge in [-0.05, 0) is 75.8 Å². The summed E-state index contributed by atoms with van der Waals surface area (Å²) in [5.41, 5.74) is 12.8. The molecule has 0 radical (unpaired) electrons. The smallest absolute Gasteiger partial charge is 0.145 e. The Bertz CT molecular complexity index is 2260. The van der Waals surface area contributed by atoms with E-state index in [-0.39, 0.29) is 6.17 Å². The molecule has 1 aliphatic heterocycles. The predicted molar refractivity (Wildman–Crippen MR) is 202 cm³/mol. The van der Waals surface area contributed by atoms with Crippen LogP contribution in [-0.4, -0.2) is 15.7 Å². The predicted octanol–water partition coefficient (Wildman–Crippen LogP) is 10.2. The first-order valence-corrected chi connectivity index (χ1v) is 16.5. The largest absolute Gasteiger partial charge is 0.358 e. The Kier molecular flexibility index (Phi) is 8.33. The Morgan fingerprint density at radius 2 is 0.940 bits per heavy atom. The summed E-state index contributed by atoms with van der Waals surface area (Å²) in [5, 5.41) is 14.3. The van der Waals surface area contributed by atoms with Crippen molar-refractivity contribution in [3.8, 4) is 50.8 Å². The molecule has 5 aromatic carbocycles. The van der Waals surface area contributed by atoms with Crippen LogP contribution in [0.2, 0.25) is 0 Å². The highest BCUT2D eigenvalue weighted by Crippen LogP contribution is 2.35. The van der Waals surface area contributed by atoms with E-state index in [0.29, 0.717) is 11.3 Å². The quantitative estimate of drug-likeness (QED) is 0.188. The van der Waals surface area contributed by atoms with Gasteiger partial charge < -0.3 is 5.32 Å². The van der Waals surface area contributed by atoms with Crippen LogP contribution in [0.15, 0.2) is 187 Å². The summed E-state index contributed by atoms with van der Waals surface area (Å²) in [5.74, 6) is 0. The van der Waals surface area contributed by atoms with Crippen LogP contribution in [0.4, 0.5) is 0 Å². The number of pyridine rings is 2. The summed E-state index contributed by atoms with van der Waals surface area (Å²) in [6, 6.07) is 58.0. The van der Waals surface area contributed by atoms with E-state index in [0.717, 1.165) is 67.2 Å². The maximum absolute atomic E-state index is 10.7. The average Bonchev–Trinajstić information content (AvgIpc) is 3.21. The molecule has 0 saturated heterocycles. The third-order valence-electron chi connectivity index (χ3n) is 8.88. The van der Waals surface area contributed by atoms with Crippen LogP contribution in [0.5, 0.6) is 0 Å². The van der Waals surface area contributed by atoms with Crippen molar-refractivity contribution in [3.63, 3.8) is 0 Å². The second-order valence-electron chi connectivity index (χ2n) is 12.0. The number of nitriles is 1. The van der Waals surface area contributed by atoms with Gasteiger partial charge in [-0.1, -0.05) is 121 Å². The van der Waals surface area contributed by atoms with Gasteiger partial charge >= 0.3 is 0 Å². The Morgan fingerprint density at radius 3 is 1.44 bits per heavy atom. The minimum absolute atomic E-state index is 0.374. The minimum Gasteiger partial charge on any atom is -0.358 e. The molecular weight excluding hydrogens is 611 g/mol. The number of allylic oxidation sites excluding steroid dienone is 1. The lowest BCUT2D eigenvalue weighted by molar-refractivity contribution is 0.661. The van der Waals surface area contributed by atoms with Crippen LogP contribution in [0, 0.1) is 11.3 Å². The van der Waals surface area contributed by atoms with Crippen LogP contribution in [0.3, 0.4) is 0 Å². The molecule has 0 amide bonds. The maximum Gasteiger partial charge on any atom is 0.145 e. The molecule has 0 saturated carbocycles. The molecule has 0 bridgehead atoms. The summed E-state index contributed by atoms with van der Waals surface area (Å²) >= 11 is 0. The Hall–Kier alpha value is -6.90. The highest BCUT2D eigenvalue weighted by atomic mass is 15.1. The zero-order chi connectivity index (χ0) is 33.7. The first-order chi connectivity index (χ1) is 24.7. The molecule has 1 aliphatic rings. The van der Waals surface area contributed by atoms with Gasteiger partial charge in [-0.15, -0.1) is 0 Å². The van der Waals surface area contributed by atoms with Gasteiger partial charge in [0.25, 0.3) is 0 Å². The summed E-state index contributed by atoms with van der Waals surface area (Å²) in [4.78, 5) is 14.3. The first-order valence-electron chi connectivity index (χ1n) is 16.5. The highest BCUT2D eigenvalue weighted by Gasteiger charge is 2.27. The van der Waals surface area contributed by atoms with Crippen molar-refractivity contribution < 1.29 is 0 Å². The van der Waals surface area contributed by atoms with Crippen LogP contribution in [-0.2, 0) is 0 Å². The van der Waals surface area contributed by atoms with Gasteiger partial charge in [-0.2, -0.15) is 5.26 Å². The number of rotatable bonds is 7. The summed E-state index contributed by atoms with van der Waals surface area (Å²) < 4.78 is 0. The molecule has 5 heteroatoms. The molecule has 236 valence electrons. The summed E-state index contributed by atoms with van der Waals surface area (Å²) in [7, 11) is 0. The molecular formula is C45H31N5. The Labute approximate surface area is 291 Å². The fourth-order valence-electron chi connectivity index (χ4n) is 6.34. The van der Waals surface area contributed by atoms with Crippen molar-refractivity contribution in [2.75, 3.05) is 0 Å². The van der Waals surface area contributed by atoms with Gasteiger partial charge in [0, 0.05) is 29.1 Å². The van der Waals surface area contributed by atoms with Gasteiger partial charge in [-0.3, -0.25) is 15.0 Å². The number of aromatic nitrogens is 2. The summed E-state index contributed by atoms with van der Waals surface area (Å²) in [6.07, 6.45) is 3.25. The molecule has 8 rings (SSSR count). The number of hydrogen-bond donors (Lipinski definition) is 1. The molecule has 2 aromatic heterocycles. The first kappa shape index (κ1) is 30.4. The monoisotopic (exact) mass is 641 g/mol. The van der Waals surface area contributed by atoms with E-state index in [1.165, 1.54) is 0 Å². The molecule has 3 heterocycles. The van der Waals surface area contributed by atoms with Crippen molar-refractivity contribution in [3.05, 3.63) is 198 Å². The van der Waals surface area contributed by atoms with Crippen LogP contribution < -0.4 is 5.32 Å². The molecule has 0 spiro atoms. The van der Waals surface area contributed by atoms with E-state index in [1.807, 2.05) is 97.3 Å². The Morgan fingerprint density at radius 1 is 0.460 bits per heavy atom. The molecule has 5 nitrogen and oxygen atoms in total. The third-order valence-corrected chi connectivity index (χ3v) is 8.88. The SMILES string of the molecule is N#CC1=C(c2ccccc2)NC(c2ccccc2)N=C1c1cc(-c2ccc(-c3ccccn3)cc2)cc(-c2ccc(-c3ccccn3)cc2)c1. The van der Waals surface area contributed by atoms with Crippen molar-refractivity contribution in [2.45, 2.75) is 6.17 Å². The molecule has 0 aliphatic carbocycles. The standard InChI is InChI=1S/C45H31N5/c46-30-40-43(35-11-3-1-4-12-35)49-45(36-13-5-2-6-14-36)50-44(40)39-28-37(31-17-21-33(22-18-31)41-15-7-9-25-47-41)27-38(29-39)32-19-23-34(24-20-32)42-16-8-10-26-48-42/h1-29,45,49H. The van der Waals surface area contributed by atoms with E-state index < -0.39 is 0 Å². The lowest BCUT2D eigenvalue weighted by Crippen LogP contribution is -2.28. The number of nitrogens with one attached hydrogen (secondary N) is 1. The van der Waals surface area contributed by atoms with Gasteiger partial charge in [0.2, 0.25) is 0 Å². The van der Waals surface area contributed by atoms with Crippen LogP contribution in [0.1, 0.15) is 22.9 Å². The fourth-order valence-corrected chi connectivity index (χ4v) is 6.34. The lowest BCUT2D eigenvalue weighted by Gasteiger charge is -2.27. The van der Waals surface area contributed by atoms with E-state index >= 15 is 0 Å². The molecule has 1 N–H and O–H groups in total. The zero-order valence-electron chi connectivity index (χ0n) is 27.1. The molecule has 50 heavy (non-hydrogen) atoms. The zero-order valence-corrected chi connectivity index (χ0v) is 27.1. The van der Waals surface area contributed by atoms with Crippen molar-refractivity contribution >= 4 is 11.4 Å². The number of hydrogen-bond acceptors (Lipinski definition) is 5. The number of benzene rings is 5. The van der Waals surface area contributed by atoms with E-state index in [4.69, 9.17) is 4.99 Å². The molecule has 0 fully saturated rings. The van der Waals surface area contributed by atoms with Gasteiger partial charge in [-0.25, -0.2) is 0 Å². The van der Waals surface area contributed by atoms with Crippen LogP contribution in [0.25, 0.3) is 50.5 Å². The van der Waals surface area contributed by atoms with E-state index in [1.54, 1.807) is 0 Å². The highest BCUT2D eigenvalue weighted by molar-refractivity contribution is 6.20. The van der Waals surface area contributed by atoms with Gasteiger partial charge in [0.15, 0.2) is 0 Å². The number of nitrogens with zero attached hydrogens (tertiary/aromatic N) is 4. The average molecular weight is 642 g/mol. The Balaban J connectivity index is 1.29. The van der Waals surface area contributed by atoms with Crippen molar-refractivity contribution in [1.29, 1.82) is 5.26 Å². The van der Waals surface area contributed by atoms with E-state index in [9.17, 15) is 5.26 Å². The topological polar surface area (TPSA) is 74.0 Å². The van der Waals surface area contributed by atoms with Crippen molar-refractivity contribution in [1.82, 2.24) is 15.3 Å². The summed E-state index contributed by atoms with van der Waals surface area (Å²) in [6.45, 7) is 0. The third kappa shape index (κ3) is 6.22. The lowest BCUT2D eigenvalue weighted by atomic mass is 9.90. The fraction of sp³-hybridized carbons (Fsp3) is 0.0222. The van der Waals surface area contributed by atoms with Gasteiger partial charge in [0.1, 0.15) is 17.8 Å². The van der Waals surface area contributed by atoms with E-state index in [2.05, 4.69) is 100 Å². The molecule has 1 unspecified atom stereocenters. The second-order valence-corrected chi connectivity index (χ2v) is 12.0. The van der Waals surface area contributed by atoms with Gasteiger partial charge in [0.05, 0.1) is 22.8 Å². The second kappa shape index (κ2) is 13.7. The van der Waals surface area contributed by atoms with Crippen LogP contribution >= 0.6 is 0 Å². The van der Waals surface area contributed by atoms with Crippen molar-refractivity contribution in [2.24, 2.45) is 4.99 Å². The molecule has 1 atom stereocenters. The normalized spacial score (nSPS) is 14.0. The minimum atomic E-state index is -0.374. The maximum atomic E-state index is 10.7. The molecule has 7 aromatic rings. The number of aliphatic imine (C=N–C) groups is 1.